The first-order valence-electron chi connectivity index (χ1n) is 20.2. The average molecular weight is 752 g/mol. The van der Waals surface area contributed by atoms with Crippen LogP contribution in [0.5, 0.6) is 0 Å². The zero-order valence-electron chi connectivity index (χ0n) is 32.6. The lowest BCUT2D eigenvalue weighted by atomic mass is 9.94. The fraction of sp³-hybridized carbons (Fsp3) is 0. The van der Waals surface area contributed by atoms with Gasteiger partial charge in [0.2, 0.25) is 0 Å². The van der Waals surface area contributed by atoms with Crippen LogP contribution in [-0.4, -0.2) is 0 Å². The van der Waals surface area contributed by atoms with Crippen LogP contribution in [0.4, 0.5) is 17.1 Å². The maximum absolute atomic E-state index is 2.42. The van der Waals surface area contributed by atoms with Gasteiger partial charge in [0.15, 0.2) is 0 Å². The molecule has 0 amide bonds. The van der Waals surface area contributed by atoms with Crippen molar-refractivity contribution >= 4 is 27.8 Å². The van der Waals surface area contributed by atoms with E-state index in [2.05, 4.69) is 254 Å². The Morgan fingerprint density at radius 3 is 1.14 bits per heavy atom. The van der Waals surface area contributed by atoms with Crippen molar-refractivity contribution in [1.82, 2.24) is 0 Å². The van der Waals surface area contributed by atoms with Crippen molar-refractivity contribution < 1.29 is 0 Å². The molecule has 10 rings (SSSR count). The summed E-state index contributed by atoms with van der Waals surface area (Å²) in [6.45, 7) is 0. The molecule has 0 saturated heterocycles. The molecule has 59 heavy (non-hydrogen) atoms. The summed E-state index contributed by atoms with van der Waals surface area (Å²) < 4.78 is 0. The second-order valence-electron chi connectivity index (χ2n) is 14.9. The van der Waals surface area contributed by atoms with Gasteiger partial charge in [-0.1, -0.05) is 206 Å². The van der Waals surface area contributed by atoms with Gasteiger partial charge < -0.3 is 4.90 Å². The third-order valence-corrected chi connectivity index (χ3v) is 11.3. The first-order valence-corrected chi connectivity index (χ1v) is 20.2. The van der Waals surface area contributed by atoms with E-state index >= 15 is 0 Å². The standard InChI is InChI=1S/C58H41N/c1-4-15-42(16-5-1)48-23-12-25-50(39-48)44-29-34-53(35-30-44)59(54-36-31-45(32-37-54)51-26-13-24-49(40-51)43-17-6-2-7-18-43)58-41-52(33-38-57(58)47-19-8-3-9-20-47)56-28-14-22-46-21-10-11-27-55(46)56/h1-41H. The van der Waals surface area contributed by atoms with Gasteiger partial charge in [-0.25, -0.2) is 0 Å². The van der Waals surface area contributed by atoms with Gasteiger partial charge in [-0.05, 0) is 114 Å². The van der Waals surface area contributed by atoms with Gasteiger partial charge in [0.25, 0.3) is 0 Å². The Hall–Kier alpha value is -7.74. The number of anilines is 3. The normalized spacial score (nSPS) is 11.1. The van der Waals surface area contributed by atoms with Crippen LogP contribution >= 0.6 is 0 Å². The second-order valence-corrected chi connectivity index (χ2v) is 14.9. The number of fused-ring (bicyclic) bond motifs is 1. The Bertz CT molecular complexity index is 2870. The van der Waals surface area contributed by atoms with Crippen molar-refractivity contribution in [3.8, 4) is 66.8 Å². The Labute approximate surface area is 346 Å². The minimum Gasteiger partial charge on any atom is -0.310 e. The molecule has 0 unspecified atom stereocenters. The van der Waals surface area contributed by atoms with Gasteiger partial charge in [-0.3, -0.25) is 0 Å². The van der Waals surface area contributed by atoms with E-state index in [-0.39, 0.29) is 0 Å². The van der Waals surface area contributed by atoms with Gasteiger partial charge in [0.1, 0.15) is 0 Å². The molecule has 0 heterocycles. The molecule has 278 valence electrons. The van der Waals surface area contributed by atoms with Crippen molar-refractivity contribution in [3.63, 3.8) is 0 Å². The van der Waals surface area contributed by atoms with E-state index in [9.17, 15) is 0 Å². The Balaban J connectivity index is 1.12. The van der Waals surface area contributed by atoms with E-state index < -0.39 is 0 Å². The largest absolute Gasteiger partial charge is 0.310 e. The topological polar surface area (TPSA) is 3.24 Å². The SMILES string of the molecule is c1ccc(-c2cccc(-c3ccc(N(c4ccc(-c5cccc(-c6ccccc6)c5)cc4)c4cc(-c5cccc6ccccc56)ccc4-c4ccccc4)cc3)c2)cc1. The fourth-order valence-corrected chi connectivity index (χ4v) is 8.27. The summed E-state index contributed by atoms with van der Waals surface area (Å²) in [5.74, 6) is 0. The fourth-order valence-electron chi connectivity index (χ4n) is 8.27. The molecule has 1 heteroatoms. The van der Waals surface area contributed by atoms with Crippen LogP contribution in [-0.2, 0) is 0 Å². The Kier molecular flexibility index (Phi) is 9.68. The van der Waals surface area contributed by atoms with E-state index in [4.69, 9.17) is 0 Å². The minimum atomic E-state index is 1.08. The molecule has 0 N–H and O–H groups in total. The second kappa shape index (κ2) is 16.0. The maximum Gasteiger partial charge on any atom is 0.0546 e. The smallest absolute Gasteiger partial charge is 0.0546 e. The van der Waals surface area contributed by atoms with Gasteiger partial charge >= 0.3 is 0 Å². The third kappa shape index (κ3) is 7.34. The highest BCUT2D eigenvalue weighted by Crippen LogP contribution is 2.44. The monoisotopic (exact) mass is 751 g/mol. The zero-order chi connectivity index (χ0) is 39.4. The lowest BCUT2D eigenvalue weighted by Gasteiger charge is -2.29. The third-order valence-electron chi connectivity index (χ3n) is 11.3. The molecule has 10 aromatic rings. The molecule has 0 radical (unpaired) electrons. The highest BCUT2D eigenvalue weighted by Gasteiger charge is 2.20. The lowest BCUT2D eigenvalue weighted by Crippen LogP contribution is -2.11. The van der Waals surface area contributed by atoms with Crippen LogP contribution in [0.25, 0.3) is 77.5 Å². The summed E-state index contributed by atoms with van der Waals surface area (Å²) >= 11 is 0. The van der Waals surface area contributed by atoms with Crippen molar-refractivity contribution in [1.29, 1.82) is 0 Å². The lowest BCUT2D eigenvalue weighted by molar-refractivity contribution is 1.28. The minimum absolute atomic E-state index is 1.08. The molecular weight excluding hydrogens is 711 g/mol. The number of benzene rings is 10. The summed E-state index contributed by atoms with van der Waals surface area (Å²) in [7, 11) is 0. The van der Waals surface area contributed by atoms with Gasteiger partial charge in [-0.15, -0.1) is 0 Å². The first-order chi connectivity index (χ1) is 29.2. The number of nitrogens with zero attached hydrogens (tertiary/aromatic N) is 1. The van der Waals surface area contributed by atoms with Crippen LogP contribution in [0, 0.1) is 0 Å². The molecule has 0 fully saturated rings. The molecule has 0 aliphatic heterocycles. The molecule has 10 aromatic carbocycles. The molecule has 1 nitrogen and oxygen atoms in total. The average Bonchev–Trinajstić information content (AvgIpc) is 3.33. The molecular formula is C58H41N. The molecule has 0 bridgehead atoms. The Morgan fingerprint density at radius 1 is 0.220 bits per heavy atom. The van der Waals surface area contributed by atoms with E-state index in [0.717, 1.165) is 22.6 Å². The molecule has 0 spiro atoms. The predicted octanol–water partition coefficient (Wildman–Crippen LogP) is 16.3. The zero-order valence-corrected chi connectivity index (χ0v) is 32.6. The molecule has 0 saturated carbocycles. The van der Waals surface area contributed by atoms with E-state index in [1.807, 2.05) is 0 Å². The van der Waals surface area contributed by atoms with Crippen LogP contribution < -0.4 is 4.90 Å². The summed E-state index contributed by atoms with van der Waals surface area (Å²) in [6.07, 6.45) is 0. The molecule has 0 atom stereocenters. The van der Waals surface area contributed by atoms with Crippen LogP contribution in [0.15, 0.2) is 249 Å². The van der Waals surface area contributed by atoms with Crippen molar-refractivity contribution in [3.05, 3.63) is 249 Å². The van der Waals surface area contributed by atoms with E-state index in [0.29, 0.717) is 0 Å². The predicted molar refractivity (Wildman–Crippen MR) is 251 cm³/mol. The van der Waals surface area contributed by atoms with Gasteiger partial charge in [-0.2, -0.15) is 0 Å². The van der Waals surface area contributed by atoms with Crippen molar-refractivity contribution in [2.24, 2.45) is 0 Å². The summed E-state index contributed by atoms with van der Waals surface area (Å²) in [5.41, 5.74) is 17.6. The summed E-state index contributed by atoms with van der Waals surface area (Å²) in [5, 5.41) is 2.47. The van der Waals surface area contributed by atoms with Crippen molar-refractivity contribution in [2.75, 3.05) is 4.90 Å². The first kappa shape index (κ1) is 35.7. The maximum atomic E-state index is 2.42. The van der Waals surface area contributed by atoms with Crippen molar-refractivity contribution in [2.45, 2.75) is 0 Å². The van der Waals surface area contributed by atoms with Gasteiger partial charge in [0, 0.05) is 16.9 Å². The quantitative estimate of drug-likeness (QED) is 0.142. The Morgan fingerprint density at radius 2 is 0.610 bits per heavy atom. The molecule has 0 aromatic heterocycles. The summed E-state index contributed by atoms with van der Waals surface area (Å²) in [4.78, 5) is 2.42. The number of hydrogen-bond acceptors (Lipinski definition) is 1. The number of hydrogen-bond donors (Lipinski definition) is 0. The highest BCUT2D eigenvalue weighted by atomic mass is 15.1. The molecule has 0 aliphatic rings. The number of rotatable bonds is 9. The van der Waals surface area contributed by atoms with E-state index in [1.54, 1.807) is 0 Å². The molecule has 0 aliphatic carbocycles. The van der Waals surface area contributed by atoms with Crippen LogP contribution in [0.2, 0.25) is 0 Å². The van der Waals surface area contributed by atoms with Crippen LogP contribution in [0.3, 0.4) is 0 Å². The van der Waals surface area contributed by atoms with Gasteiger partial charge in [0.05, 0.1) is 5.69 Å². The highest BCUT2D eigenvalue weighted by molar-refractivity contribution is 5.99. The van der Waals surface area contributed by atoms with Crippen LogP contribution in [0.1, 0.15) is 0 Å². The van der Waals surface area contributed by atoms with E-state index in [1.165, 1.54) is 72.0 Å². The summed E-state index contributed by atoms with van der Waals surface area (Å²) in [6, 6.07) is 89.9.